The smallest absolute Gasteiger partial charge is 0.257 e. The Kier molecular flexibility index (Phi) is 3.43. The van der Waals surface area contributed by atoms with Crippen molar-refractivity contribution in [1.82, 2.24) is 4.90 Å². The van der Waals surface area contributed by atoms with Gasteiger partial charge in [0.2, 0.25) is 0 Å². The monoisotopic (exact) mass is 250 g/mol. The van der Waals surface area contributed by atoms with Gasteiger partial charge in [-0.3, -0.25) is 4.79 Å². The van der Waals surface area contributed by atoms with Gasteiger partial charge < -0.3 is 20.8 Å². The van der Waals surface area contributed by atoms with Crippen molar-refractivity contribution in [3.63, 3.8) is 0 Å². The lowest BCUT2D eigenvalue weighted by Gasteiger charge is -2.27. The number of nitrogens with zero attached hydrogens (tertiary/aromatic N) is 1. The summed E-state index contributed by atoms with van der Waals surface area (Å²) in [6.07, 6.45) is 2.18. The third-order valence-electron chi connectivity index (χ3n) is 3.44. The number of hydrogen-bond donors (Lipinski definition) is 3. The highest BCUT2D eigenvalue weighted by molar-refractivity contribution is 5.97. The molecule has 1 aliphatic rings. The molecule has 1 fully saturated rings. The predicted octanol–water partition coefficient (Wildman–Crippen LogP) is 0.907. The lowest BCUT2D eigenvalue weighted by atomic mass is 10.1. The average molecular weight is 250 g/mol. The zero-order chi connectivity index (χ0) is 13.3. The molecule has 1 aliphatic carbocycles. The van der Waals surface area contributed by atoms with Crippen molar-refractivity contribution in [3.8, 4) is 11.5 Å². The molecular formula is C13H18N2O3. The van der Waals surface area contributed by atoms with Crippen LogP contribution >= 0.6 is 0 Å². The zero-order valence-electron chi connectivity index (χ0n) is 10.3. The fourth-order valence-corrected chi connectivity index (χ4v) is 2.18. The minimum absolute atomic E-state index is 0.000695. The Morgan fingerprint density at radius 1 is 1.50 bits per heavy atom. The Morgan fingerprint density at radius 3 is 2.72 bits per heavy atom. The maximum absolute atomic E-state index is 12.2. The summed E-state index contributed by atoms with van der Waals surface area (Å²) in [7, 11) is 1.68. The molecule has 0 heterocycles. The minimum atomic E-state index is -0.314. The van der Waals surface area contributed by atoms with E-state index in [4.69, 9.17) is 5.73 Å². The fraction of sp³-hybridized carbons (Fsp3) is 0.462. The van der Waals surface area contributed by atoms with Crippen LogP contribution < -0.4 is 5.73 Å². The topological polar surface area (TPSA) is 86.8 Å². The van der Waals surface area contributed by atoms with E-state index in [-0.39, 0.29) is 29.0 Å². The molecule has 0 bridgehead atoms. The second-order valence-corrected chi connectivity index (χ2v) is 4.76. The van der Waals surface area contributed by atoms with Crippen LogP contribution in [0.5, 0.6) is 11.5 Å². The number of phenolic OH excluding ortho intramolecular Hbond substituents is 2. The highest BCUT2D eigenvalue weighted by Gasteiger charge is 2.35. The predicted molar refractivity (Wildman–Crippen MR) is 67.4 cm³/mol. The van der Waals surface area contributed by atoms with E-state index in [1.807, 2.05) is 0 Å². The van der Waals surface area contributed by atoms with Gasteiger partial charge >= 0.3 is 0 Å². The van der Waals surface area contributed by atoms with Crippen LogP contribution in [0.25, 0.3) is 0 Å². The highest BCUT2D eigenvalue weighted by atomic mass is 16.3. The van der Waals surface area contributed by atoms with E-state index >= 15 is 0 Å². The van der Waals surface area contributed by atoms with Crippen LogP contribution in [-0.2, 0) is 0 Å². The molecule has 0 saturated heterocycles. The second-order valence-electron chi connectivity index (χ2n) is 4.76. The highest BCUT2D eigenvalue weighted by Crippen LogP contribution is 2.35. The molecule has 1 saturated carbocycles. The Hall–Kier alpha value is -1.75. The lowest BCUT2D eigenvalue weighted by Crippen LogP contribution is -2.43. The van der Waals surface area contributed by atoms with Crippen molar-refractivity contribution in [2.45, 2.75) is 18.9 Å². The zero-order valence-corrected chi connectivity index (χ0v) is 10.3. The molecule has 5 nitrogen and oxygen atoms in total. The molecule has 0 radical (unpaired) electrons. The molecular weight excluding hydrogens is 232 g/mol. The summed E-state index contributed by atoms with van der Waals surface area (Å²) < 4.78 is 0. The van der Waals surface area contributed by atoms with Gasteiger partial charge in [-0.1, -0.05) is 0 Å². The fourth-order valence-electron chi connectivity index (χ4n) is 2.18. The second kappa shape index (κ2) is 4.86. The molecule has 1 aromatic carbocycles. The number of aromatic hydroxyl groups is 2. The number of benzene rings is 1. The van der Waals surface area contributed by atoms with Gasteiger partial charge in [0.1, 0.15) is 11.5 Å². The molecule has 18 heavy (non-hydrogen) atoms. The van der Waals surface area contributed by atoms with Gasteiger partial charge in [-0.25, -0.2) is 0 Å². The van der Waals surface area contributed by atoms with Crippen molar-refractivity contribution in [1.29, 1.82) is 0 Å². The first-order valence-electron chi connectivity index (χ1n) is 6.03. The summed E-state index contributed by atoms with van der Waals surface area (Å²) in [5.41, 5.74) is 5.80. The van der Waals surface area contributed by atoms with Crippen LogP contribution in [0.2, 0.25) is 0 Å². The van der Waals surface area contributed by atoms with Crippen LogP contribution in [0.3, 0.4) is 0 Å². The van der Waals surface area contributed by atoms with Gasteiger partial charge in [0.25, 0.3) is 5.91 Å². The van der Waals surface area contributed by atoms with Crippen LogP contribution in [0, 0.1) is 5.92 Å². The number of rotatable bonds is 4. The van der Waals surface area contributed by atoms with Crippen LogP contribution in [-0.4, -0.2) is 40.7 Å². The quantitative estimate of drug-likeness (QED) is 0.693. The molecule has 98 valence electrons. The Labute approximate surface area is 106 Å². The minimum Gasteiger partial charge on any atom is -0.508 e. The van der Waals surface area contributed by atoms with E-state index in [9.17, 15) is 15.0 Å². The first kappa shape index (κ1) is 12.7. The molecule has 4 N–H and O–H groups in total. The van der Waals surface area contributed by atoms with Crippen molar-refractivity contribution < 1.29 is 15.0 Å². The molecule has 1 amide bonds. The van der Waals surface area contributed by atoms with Crippen molar-refractivity contribution in [2.24, 2.45) is 11.7 Å². The van der Waals surface area contributed by atoms with Gasteiger partial charge in [-0.05, 0) is 37.0 Å². The standard InChI is InChI=1S/C13H18N2O3/c1-15(11(7-14)8-2-3-8)13(18)10-6-9(16)4-5-12(10)17/h4-6,8,11,16-17H,2-3,7,14H2,1H3. The maximum atomic E-state index is 12.2. The van der Waals surface area contributed by atoms with Crippen molar-refractivity contribution >= 4 is 5.91 Å². The third kappa shape index (κ3) is 2.41. The maximum Gasteiger partial charge on any atom is 0.257 e. The Bertz CT molecular complexity index is 458. The van der Waals surface area contributed by atoms with Gasteiger partial charge in [0.05, 0.1) is 5.56 Å². The number of likely N-dealkylation sites (N-methyl/N-ethyl adjacent to an activating group) is 1. The van der Waals surface area contributed by atoms with Crippen LogP contribution in [0.4, 0.5) is 0 Å². The van der Waals surface area contributed by atoms with E-state index in [0.717, 1.165) is 12.8 Å². The first-order valence-corrected chi connectivity index (χ1v) is 6.03. The molecule has 5 heteroatoms. The Morgan fingerprint density at radius 2 is 2.17 bits per heavy atom. The summed E-state index contributed by atoms with van der Waals surface area (Å²) in [4.78, 5) is 13.8. The number of carbonyl (C=O) groups is 1. The lowest BCUT2D eigenvalue weighted by molar-refractivity contribution is 0.0715. The first-order chi connectivity index (χ1) is 8.54. The van der Waals surface area contributed by atoms with E-state index in [1.165, 1.54) is 18.2 Å². The van der Waals surface area contributed by atoms with Gasteiger partial charge in [0, 0.05) is 19.6 Å². The summed E-state index contributed by atoms with van der Waals surface area (Å²) in [6.45, 7) is 0.409. The average Bonchev–Trinajstić information content (AvgIpc) is 3.16. The van der Waals surface area contributed by atoms with E-state index in [0.29, 0.717) is 12.5 Å². The third-order valence-corrected chi connectivity index (χ3v) is 3.44. The van der Waals surface area contributed by atoms with E-state index in [1.54, 1.807) is 11.9 Å². The number of carbonyl (C=O) groups excluding carboxylic acids is 1. The molecule has 0 spiro atoms. The summed E-state index contributed by atoms with van der Waals surface area (Å²) in [5, 5.41) is 19.1. The molecule has 0 aromatic heterocycles. The molecule has 2 rings (SSSR count). The largest absolute Gasteiger partial charge is 0.508 e. The number of amides is 1. The van der Waals surface area contributed by atoms with E-state index < -0.39 is 0 Å². The Balaban J connectivity index is 2.21. The molecule has 0 aliphatic heterocycles. The number of hydrogen-bond acceptors (Lipinski definition) is 4. The number of nitrogens with two attached hydrogens (primary N) is 1. The normalized spacial score (nSPS) is 16.3. The molecule has 1 aromatic rings. The van der Waals surface area contributed by atoms with Gasteiger partial charge in [-0.2, -0.15) is 0 Å². The van der Waals surface area contributed by atoms with Crippen LogP contribution in [0.15, 0.2) is 18.2 Å². The van der Waals surface area contributed by atoms with E-state index in [2.05, 4.69) is 0 Å². The van der Waals surface area contributed by atoms with Crippen molar-refractivity contribution in [3.05, 3.63) is 23.8 Å². The molecule has 1 unspecified atom stereocenters. The number of phenols is 2. The van der Waals surface area contributed by atoms with Crippen molar-refractivity contribution in [2.75, 3.05) is 13.6 Å². The molecule has 1 atom stereocenters. The SMILES string of the molecule is CN(C(=O)c1cc(O)ccc1O)C(CN)C1CC1. The summed E-state index contributed by atoms with van der Waals surface area (Å²) in [6, 6.07) is 3.92. The summed E-state index contributed by atoms with van der Waals surface area (Å²) in [5.74, 6) is -0.0226. The van der Waals surface area contributed by atoms with Gasteiger partial charge in [-0.15, -0.1) is 0 Å². The van der Waals surface area contributed by atoms with Gasteiger partial charge in [0.15, 0.2) is 0 Å². The van der Waals surface area contributed by atoms with Crippen LogP contribution in [0.1, 0.15) is 23.2 Å². The summed E-state index contributed by atoms with van der Waals surface area (Å²) >= 11 is 0.